The first-order valence-corrected chi connectivity index (χ1v) is 9.68. The maximum Gasteiger partial charge on any atom is 0.488 e. The van der Waals surface area contributed by atoms with Crippen LogP contribution in [0.5, 0.6) is 0 Å². The van der Waals surface area contributed by atoms with Crippen LogP contribution in [0.15, 0.2) is 16.9 Å². The normalized spacial score (nSPS) is 11.6. The van der Waals surface area contributed by atoms with Crippen molar-refractivity contribution < 1.29 is 29.1 Å². The molecule has 0 aliphatic rings. The van der Waals surface area contributed by atoms with E-state index in [-0.39, 0.29) is 27.5 Å². The maximum absolute atomic E-state index is 12.8. The SMILES string of the molecule is CC(C)(C)OC(=O)N(Cc1n[nH]c(=O)c2c(C#N)cc(B(O)O)cc12)C(=O)OC(C)(C)C. The quantitative estimate of drug-likeness (QED) is 0.589. The highest BCUT2D eigenvalue weighted by Gasteiger charge is 2.32. The number of aromatic amines is 1. The van der Waals surface area contributed by atoms with E-state index < -0.39 is 42.6 Å². The van der Waals surface area contributed by atoms with Crippen molar-refractivity contribution in [3.8, 4) is 6.07 Å². The van der Waals surface area contributed by atoms with Crippen LogP contribution in [0.25, 0.3) is 10.8 Å². The molecule has 0 aliphatic carbocycles. The van der Waals surface area contributed by atoms with E-state index in [0.29, 0.717) is 4.90 Å². The van der Waals surface area contributed by atoms with Crippen LogP contribution in [0.2, 0.25) is 0 Å². The number of carbonyl (C=O) groups is 2. The molecule has 0 bridgehead atoms. The van der Waals surface area contributed by atoms with Gasteiger partial charge in [-0.15, -0.1) is 0 Å². The summed E-state index contributed by atoms with van der Waals surface area (Å²) in [6, 6.07) is 4.24. The summed E-state index contributed by atoms with van der Waals surface area (Å²) in [5.74, 6) is 0. The molecule has 1 heterocycles. The Bertz CT molecular complexity index is 1110. The average molecular weight is 444 g/mol. The fourth-order valence-electron chi connectivity index (χ4n) is 2.72. The fraction of sp³-hybridized carbons (Fsp3) is 0.450. The predicted molar refractivity (Wildman–Crippen MR) is 115 cm³/mol. The highest BCUT2D eigenvalue weighted by atomic mass is 16.6. The zero-order valence-corrected chi connectivity index (χ0v) is 18.7. The van der Waals surface area contributed by atoms with Gasteiger partial charge in [-0.25, -0.2) is 19.6 Å². The summed E-state index contributed by atoms with van der Waals surface area (Å²) in [4.78, 5) is 38.5. The van der Waals surface area contributed by atoms with Crippen molar-refractivity contribution in [3.05, 3.63) is 33.7 Å². The summed E-state index contributed by atoms with van der Waals surface area (Å²) in [5.41, 5.74) is -2.71. The van der Waals surface area contributed by atoms with E-state index in [9.17, 15) is 29.7 Å². The first-order valence-electron chi connectivity index (χ1n) is 9.68. The summed E-state index contributed by atoms with van der Waals surface area (Å²) in [7, 11) is -1.92. The van der Waals surface area contributed by atoms with Crippen LogP contribution >= 0.6 is 0 Å². The second-order valence-electron chi connectivity index (χ2n) is 9.02. The number of hydrogen-bond donors (Lipinski definition) is 3. The number of nitrogens with one attached hydrogen (secondary N) is 1. The number of aromatic nitrogens is 2. The van der Waals surface area contributed by atoms with Crippen molar-refractivity contribution in [2.24, 2.45) is 0 Å². The smallest absolute Gasteiger partial charge is 0.443 e. The Balaban J connectivity index is 2.65. The molecule has 32 heavy (non-hydrogen) atoms. The van der Waals surface area contributed by atoms with Crippen molar-refractivity contribution in [2.75, 3.05) is 0 Å². The molecule has 0 saturated heterocycles. The van der Waals surface area contributed by atoms with Crippen LogP contribution < -0.4 is 11.0 Å². The Morgan fingerprint density at radius 3 is 2.09 bits per heavy atom. The summed E-state index contributed by atoms with van der Waals surface area (Å²) in [6.07, 6.45) is -2.02. The number of imide groups is 1. The lowest BCUT2D eigenvalue weighted by molar-refractivity contribution is -0.000433. The minimum atomic E-state index is -1.92. The predicted octanol–water partition coefficient (Wildman–Crippen LogP) is 1.15. The van der Waals surface area contributed by atoms with Crippen molar-refractivity contribution >= 4 is 35.5 Å². The Labute approximate surface area is 184 Å². The molecule has 11 nitrogen and oxygen atoms in total. The van der Waals surface area contributed by atoms with Gasteiger partial charge in [-0.1, -0.05) is 6.07 Å². The maximum atomic E-state index is 12.8. The van der Waals surface area contributed by atoms with E-state index in [1.54, 1.807) is 41.5 Å². The van der Waals surface area contributed by atoms with Crippen molar-refractivity contribution in [1.29, 1.82) is 5.26 Å². The summed E-state index contributed by atoms with van der Waals surface area (Å²) >= 11 is 0. The number of ether oxygens (including phenoxy) is 2. The van der Waals surface area contributed by atoms with Gasteiger partial charge >= 0.3 is 19.3 Å². The van der Waals surface area contributed by atoms with Crippen LogP contribution in [0, 0.1) is 11.3 Å². The van der Waals surface area contributed by atoms with Crippen LogP contribution in [-0.2, 0) is 16.0 Å². The van der Waals surface area contributed by atoms with E-state index >= 15 is 0 Å². The third kappa shape index (κ3) is 6.06. The Morgan fingerprint density at radius 1 is 1.12 bits per heavy atom. The molecular formula is C20H25BN4O7. The summed E-state index contributed by atoms with van der Waals surface area (Å²) in [5, 5.41) is 34.7. The minimum absolute atomic E-state index is 0.00955. The molecule has 0 atom stereocenters. The van der Waals surface area contributed by atoms with Crippen molar-refractivity contribution in [3.63, 3.8) is 0 Å². The Hall–Kier alpha value is -3.43. The lowest BCUT2D eigenvalue weighted by Crippen LogP contribution is -2.43. The second kappa shape index (κ2) is 8.98. The van der Waals surface area contributed by atoms with Crippen LogP contribution in [-0.4, -0.2) is 55.7 Å². The molecule has 12 heteroatoms. The summed E-state index contributed by atoms with van der Waals surface area (Å²) < 4.78 is 10.6. The zero-order valence-electron chi connectivity index (χ0n) is 18.7. The van der Waals surface area contributed by atoms with E-state index in [1.165, 1.54) is 6.07 Å². The average Bonchev–Trinajstić information content (AvgIpc) is 2.63. The number of rotatable bonds is 3. The molecule has 1 aromatic heterocycles. The molecule has 170 valence electrons. The third-order valence-corrected chi connectivity index (χ3v) is 3.95. The van der Waals surface area contributed by atoms with E-state index in [2.05, 4.69) is 10.2 Å². The third-order valence-electron chi connectivity index (χ3n) is 3.95. The largest absolute Gasteiger partial charge is 0.488 e. The molecule has 1 aromatic carbocycles. The lowest BCUT2D eigenvalue weighted by Gasteiger charge is -2.28. The first-order chi connectivity index (χ1) is 14.6. The van der Waals surface area contributed by atoms with Gasteiger partial charge in [0.05, 0.1) is 29.3 Å². The van der Waals surface area contributed by atoms with Gasteiger partial charge in [0.1, 0.15) is 11.2 Å². The van der Waals surface area contributed by atoms with Gasteiger partial charge in [-0.2, -0.15) is 10.4 Å². The van der Waals surface area contributed by atoms with E-state index in [0.717, 1.165) is 6.07 Å². The molecular weight excluding hydrogens is 419 g/mol. The number of fused-ring (bicyclic) bond motifs is 1. The van der Waals surface area contributed by atoms with Crippen molar-refractivity contribution in [2.45, 2.75) is 59.3 Å². The Morgan fingerprint density at radius 2 is 1.66 bits per heavy atom. The molecule has 0 aliphatic heterocycles. The van der Waals surface area contributed by atoms with Gasteiger partial charge in [0.15, 0.2) is 0 Å². The number of amides is 2. The molecule has 2 amide bonds. The highest BCUT2D eigenvalue weighted by Crippen LogP contribution is 2.21. The van der Waals surface area contributed by atoms with Gasteiger partial charge < -0.3 is 19.5 Å². The van der Waals surface area contributed by atoms with Gasteiger partial charge in [0.2, 0.25) is 0 Å². The molecule has 0 radical (unpaired) electrons. The standard InChI is InChI=1S/C20H25BN4O7/c1-19(2,3)31-17(27)25(18(28)32-20(4,5)6)10-14-13-8-12(21(29)30)7-11(9-22)15(13)16(26)24-23-14/h7-8,29-30H,10H2,1-6H3,(H,24,26). The lowest BCUT2D eigenvalue weighted by atomic mass is 9.78. The molecule has 3 N–H and O–H groups in total. The number of nitrogens with zero attached hydrogens (tertiary/aromatic N) is 3. The summed E-state index contributed by atoms with van der Waals surface area (Å²) in [6.45, 7) is 9.27. The zero-order chi connectivity index (χ0) is 24.4. The van der Waals surface area contributed by atoms with Crippen molar-refractivity contribution in [1.82, 2.24) is 15.1 Å². The van der Waals surface area contributed by atoms with Crippen LogP contribution in [0.1, 0.15) is 52.8 Å². The first kappa shape index (κ1) is 24.8. The number of benzene rings is 1. The van der Waals surface area contributed by atoms with Crippen LogP contribution in [0.3, 0.4) is 0 Å². The molecule has 0 fully saturated rings. The number of H-pyrrole nitrogens is 1. The van der Waals surface area contributed by atoms with Gasteiger partial charge in [-0.3, -0.25) is 4.79 Å². The molecule has 0 saturated carbocycles. The van der Waals surface area contributed by atoms with Gasteiger partial charge in [0.25, 0.3) is 5.56 Å². The fourth-order valence-corrected chi connectivity index (χ4v) is 2.72. The number of nitriles is 1. The van der Waals surface area contributed by atoms with Crippen LogP contribution in [0.4, 0.5) is 9.59 Å². The second-order valence-corrected chi connectivity index (χ2v) is 9.02. The monoisotopic (exact) mass is 444 g/mol. The van der Waals surface area contributed by atoms with Gasteiger partial charge in [0, 0.05) is 5.39 Å². The molecule has 0 spiro atoms. The number of carbonyl (C=O) groups excluding carboxylic acids is 2. The number of hydrogen-bond acceptors (Lipinski definition) is 9. The van der Waals surface area contributed by atoms with E-state index in [1.807, 2.05) is 6.07 Å². The van der Waals surface area contributed by atoms with Gasteiger partial charge in [-0.05, 0) is 53.1 Å². The minimum Gasteiger partial charge on any atom is -0.443 e. The Kier molecular flexibility index (Phi) is 6.97. The van der Waals surface area contributed by atoms with E-state index in [4.69, 9.17) is 9.47 Å². The topological polar surface area (TPSA) is 166 Å². The molecule has 2 rings (SSSR count). The molecule has 2 aromatic rings. The molecule has 0 unspecified atom stereocenters. The highest BCUT2D eigenvalue weighted by molar-refractivity contribution is 6.59.